The lowest BCUT2D eigenvalue weighted by Gasteiger charge is -2.13. The number of urea groups is 1. The third-order valence-corrected chi connectivity index (χ3v) is 3.95. The van der Waals surface area contributed by atoms with Gasteiger partial charge in [-0.3, -0.25) is 19.8 Å². The molecule has 27 heavy (non-hydrogen) atoms. The molecule has 1 heterocycles. The van der Waals surface area contributed by atoms with Crippen molar-refractivity contribution in [1.82, 2.24) is 10.6 Å². The summed E-state index contributed by atoms with van der Waals surface area (Å²) in [5, 5.41) is 16.0. The molecule has 1 fully saturated rings. The molecule has 8 nitrogen and oxygen atoms in total. The van der Waals surface area contributed by atoms with Gasteiger partial charge >= 0.3 is 6.03 Å². The van der Waals surface area contributed by atoms with Gasteiger partial charge in [0, 0.05) is 42.0 Å². The fourth-order valence-electron chi connectivity index (χ4n) is 2.55. The van der Waals surface area contributed by atoms with Gasteiger partial charge in [-0.2, -0.15) is 0 Å². The molecule has 0 bridgehead atoms. The third-order valence-electron chi connectivity index (χ3n) is 3.95. The number of nitro benzene ring substituents is 1. The quantitative estimate of drug-likeness (QED) is 0.491. The molecular weight excluding hydrogens is 348 g/mol. The summed E-state index contributed by atoms with van der Waals surface area (Å²) in [6.45, 7) is 1.42. The number of hydrogen-bond acceptors (Lipinski definition) is 4. The van der Waals surface area contributed by atoms with Crippen LogP contribution >= 0.6 is 0 Å². The van der Waals surface area contributed by atoms with Crippen LogP contribution in [0.3, 0.4) is 0 Å². The molecule has 0 radical (unpaired) electrons. The number of nitrogens with zero attached hydrogens (tertiary/aromatic N) is 2. The first kappa shape index (κ1) is 17.9. The van der Waals surface area contributed by atoms with Gasteiger partial charge in [0.2, 0.25) is 0 Å². The molecule has 1 aliphatic heterocycles. The van der Waals surface area contributed by atoms with E-state index in [1.807, 2.05) is 24.3 Å². The Kier molecular flexibility index (Phi) is 5.33. The minimum Gasteiger partial charge on any atom is -0.341 e. The van der Waals surface area contributed by atoms with Crippen molar-refractivity contribution in [2.75, 3.05) is 24.5 Å². The van der Waals surface area contributed by atoms with E-state index >= 15 is 0 Å². The van der Waals surface area contributed by atoms with Crippen molar-refractivity contribution in [2.45, 2.75) is 0 Å². The van der Waals surface area contributed by atoms with E-state index < -0.39 is 4.92 Å². The molecule has 0 unspecified atom stereocenters. The first-order chi connectivity index (χ1) is 13.0. The van der Waals surface area contributed by atoms with Crippen LogP contribution in [0.4, 0.5) is 16.2 Å². The Labute approximate surface area is 155 Å². The van der Waals surface area contributed by atoms with Crippen molar-refractivity contribution in [2.24, 2.45) is 0 Å². The SMILES string of the molecule is O=C(NCC#Cc1ccc(N2CCNC2=O)cc1)c1ccc([N+](=O)[O-])cc1. The van der Waals surface area contributed by atoms with Gasteiger partial charge in [0.25, 0.3) is 11.6 Å². The lowest BCUT2D eigenvalue weighted by molar-refractivity contribution is -0.384. The molecule has 0 aromatic heterocycles. The van der Waals surface area contributed by atoms with Crippen LogP contribution < -0.4 is 15.5 Å². The molecule has 1 saturated heterocycles. The van der Waals surface area contributed by atoms with Crippen LogP contribution in [0.5, 0.6) is 0 Å². The van der Waals surface area contributed by atoms with Gasteiger partial charge in [-0.15, -0.1) is 0 Å². The standard InChI is InChI=1S/C19H16N4O4/c24-18(15-5-9-17(10-6-15)23(26)27)20-11-1-2-14-3-7-16(8-4-14)22-13-12-21-19(22)25/h3-10H,11-13H2,(H,20,24)(H,21,25). The monoisotopic (exact) mass is 364 g/mol. The summed E-state index contributed by atoms with van der Waals surface area (Å²) < 4.78 is 0. The molecule has 2 N–H and O–H groups in total. The van der Waals surface area contributed by atoms with Crippen LogP contribution in [0.25, 0.3) is 0 Å². The second kappa shape index (κ2) is 8.01. The number of rotatable bonds is 4. The van der Waals surface area contributed by atoms with Crippen LogP contribution in [0.15, 0.2) is 48.5 Å². The highest BCUT2D eigenvalue weighted by atomic mass is 16.6. The van der Waals surface area contributed by atoms with Crippen molar-refractivity contribution in [1.29, 1.82) is 0 Å². The zero-order valence-corrected chi connectivity index (χ0v) is 14.3. The highest BCUT2D eigenvalue weighted by Crippen LogP contribution is 2.16. The molecule has 2 aromatic rings. The Bertz CT molecular complexity index is 927. The molecule has 1 aliphatic rings. The molecule has 2 aromatic carbocycles. The fourth-order valence-corrected chi connectivity index (χ4v) is 2.55. The van der Waals surface area contributed by atoms with E-state index in [4.69, 9.17) is 0 Å². The van der Waals surface area contributed by atoms with E-state index in [2.05, 4.69) is 22.5 Å². The summed E-state index contributed by atoms with van der Waals surface area (Å²) in [6, 6.07) is 12.5. The van der Waals surface area contributed by atoms with E-state index in [1.54, 1.807) is 4.90 Å². The Morgan fingerprint density at radius 3 is 2.48 bits per heavy atom. The highest BCUT2D eigenvalue weighted by Gasteiger charge is 2.20. The average Bonchev–Trinajstić information content (AvgIpc) is 3.11. The predicted molar refractivity (Wildman–Crippen MR) is 99.5 cm³/mol. The first-order valence-electron chi connectivity index (χ1n) is 8.21. The molecule has 0 aliphatic carbocycles. The Morgan fingerprint density at radius 2 is 1.89 bits per heavy atom. The number of carbonyl (C=O) groups excluding carboxylic acids is 2. The molecular formula is C19H16N4O4. The third kappa shape index (κ3) is 4.41. The topological polar surface area (TPSA) is 105 Å². The molecule has 3 amide bonds. The number of nitro groups is 1. The summed E-state index contributed by atoms with van der Waals surface area (Å²) in [6.07, 6.45) is 0. The van der Waals surface area contributed by atoms with Gasteiger partial charge in [-0.05, 0) is 36.4 Å². The number of amides is 3. The van der Waals surface area contributed by atoms with Crippen LogP contribution in [-0.4, -0.2) is 36.5 Å². The molecule has 3 rings (SSSR count). The van der Waals surface area contributed by atoms with Crippen molar-refractivity contribution in [3.63, 3.8) is 0 Å². The number of nitrogens with one attached hydrogen (secondary N) is 2. The molecule has 0 spiro atoms. The Balaban J connectivity index is 1.53. The number of carbonyl (C=O) groups is 2. The second-order valence-electron chi connectivity index (χ2n) is 5.72. The maximum Gasteiger partial charge on any atom is 0.321 e. The van der Waals surface area contributed by atoms with E-state index in [0.717, 1.165) is 11.3 Å². The maximum absolute atomic E-state index is 12.0. The van der Waals surface area contributed by atoms with E-state index in [9.17, 15) is 19.7 Å². The van der Waals surface area contributed by atoms with Crippen molar-refractivity contribution < 1.29 is 14.5 Å². The molecule has 0 saturated carbocycles. The number of benzene rings is 2. The zero-order chi connectivity index (χ0) is 19.2. The minimum absolute atomic E-state index is 0.0683. The zero-order valence-electron chi connectivity index (χ0n) is 14.3. The number of non-ortho nitro benzene ring substituents is 1. The van der Waals surface area contributed by atoms with Gasteiger partial charge in [0.15, 0.2) is 0 Å². The van der Waals surface area contributed by atoms with Crippen LogP contribution in [0, 0.1) is 22.0 Å². The van der Waals surface area contributed by atoms with Crippen molar-refractivity contribution in [3.05, 3.63) is 69.8 Å². The van der Waals surface area contributed by atoms with Gasteiger partial charge < -0.3 is 10.6 Å². The maximum atomic E-state index is 12.0. The van der Waals surface area contributed by atoms with Crippen molar-refractivity contribution >= 4 is 23.3 Å². The van der Waals surface area contributed by atoms with Gasteiger partial charge in [-0.1, -0.05) is 11.8 Å². The Hall–Kier alpha value is -3.86. The lowest BCUT2D eigenvalue weighted by Crippen LogP contribution is -2.27. The molecule has 8 heteroatoms. The fraction of sp³-hybridized carbons (Fsp3) is 0.158. The largest absolute Gasteiger partial charge is 0.341 e. The van der Waals surface area contributed by atoms with Gasteiger partial charge in [0.1, 0.15) is 0 Å². The highest BCUT2D eigenvalue weighted by molar-refractivity contribution is 5.94. The molecule has 136 valence electrons. The van der Waals surface area contributed by atoms with Gasteiger partial charge in [0.05, 0.1) is 11.5 Å². The minimum atomic E-state index is -0.519. The molecule has 0 atom stereocenters. The normalized spacial score (nSPS) is 12.7. The van der Waals surface area contributed by atoms with E-state index in [0.29, 0.717) is 18.7 Å². The van der Waals surface area contributed by atoms with E-state index in [-0.39, 0.29) is 24.2 Å². The predicted octanol–water partition coefficient (Wildman–Crippen LogP) is 1.91. The summed E-state index contributed by atoms with van der Waals surface area (Å²) in [7, 11) is 0. The second-order valence-corrected chi connectivity index (χ2v) is 5.72. The summed E-state index contributed by atoms with van der Waals surface area (Å²) in [5.41, 5.74) is 1.84. The number of anilines is 1. The van der Waals surface area contributed by atoms with Crippen LogP contribution in [0.2, 0.25) is 0 Å². The van der Waals surface area contributed by atoms with Gasteiger partial charge in [-0.25, -0.2) is 4.79 Å². The summed E-state index contributed by atoms with van der Waals surface area (Å²) >= 11 is 0. The Morgan fingerprint density at radius 1 is 1.19 bits per heavy atom. The van der Waals surface area contributed by atoms with Crippen LogP contribution in [-0.2, 0) is 0 Å². The van der Waals surface area contributed by atoms with Crippen molar-refractivity contribution in [3.8, 4) is 11.8 Å². The number of hydrogen-bond donors (Lipinski definition) is 2. The van der Waals surface area contributed by atoms with E-state index in [1.165, 1.54) is 24.3 Å². The lowest BCUT2D eigenvalue weighted by atomic mass is 10.2. The smallest absolute Gasteiger partial charge is 0.321 e. The van der Waals surface area contributed by atoms with Crippen LogP contribution in [0.1, 0.15) is 15.9 Å². The summed E-state index contributed by atoms with van der Waals surface area (Å²) in [5.74, 6) is 5.43. The average molecular weight is 364 g/mol. The summed E-state index contributed by atoms with van der Waals surface area (Å²) in [4.78, 5) is 35.3. The first-order valence-corrected chi connectivity index (χ1v) is 8.21.